The first-order valence-corrected chi connectivity index (χ1v) is 8.10. The summed E-state index contributed by atoms with van der Waals surface area (Å²) in [6, 6.07) is 0. The summed E-state index contributed by atoms with van der Waals surface area (Å²) in [6.45, 7) is 5.85. The lowest BCUT2D eigenvalue weighted by Crippen LogP contribution is -2.24. The van der Waals surface area contributed by atoms with Crippen molar-refractivity contribution in [2.45, 2.75) is 46.0 Å². The van der Waals surface area contributed by atoms with E-state index in [1.54, 1.807) is 0 Å². The van der Waals surface area contributed by atoms with Gasteiger partial charge in [0.2, 0.25) is 5.91 Å². The van der Waals surface area contributed by atoms with Crippen LogP contribution in [0.3, 0.4) is 0 Å². The molecule has 0 spiro atoms. The van der Waals surface area contributed by atoms with E-state index in [4.69, 9.17) is 4.18 Å². The number of rotatable bonds is 10. The van der Waals surface area contributed by atoms with Crippen molar-refractivity contribution in [3.05, 3.63) is 0 Å². The molecule has 0 saturated heterocycles. The smallest absolute Gasteiger partial charge is 0.220 e. The van der Waals surface area contributed by atoms with Gasteiger partial charge in [0, 0.05) is 19.2 Å². The Morgan fingerprint density at radius 3 is 2.65 bits per heavy atom. The average Bonchev–Trinajstić information content (AvgIpc) is 2.24. The van der Waals surface area contributed by atoms with Crippen LogP contribution in [0.1, 0.15) is 46.0 Å². The first kappa shape index (κ1) is 16.6. The highest BCUT2D eigenvalue weighted by molar-refractivity contribution is 8.09. The van der Waals surface area contributed by atoms with Crippen molar-refractivity contribution in [3.63, 3.8) is 0 Å². The van der Waals surface area contributed by atoms with E-state index in [2.05, 4.69) is 25.0 Å². The molecule has 0 saturated carbocycles. The summed E-state index contributed by atoms with van der Waals surface area (Å²) in [6.07, 6.45) is 6.78. The molecule has 0 fully saturated rings. The number of hydrogen-bond donors (Lipinski definition) is 1. The third-order valence-corrected chi connectivity index (χ3v) is 2.95. The van der Waals surface area contributed by atoms with Gasteiger partial charge in [0.1, 0.15) is 0 Å². The molecule has 0 heterocycles. The third kappa shape index (κ3) is 13.6. The Morgan fingerprint density at radius 1 is 1.35 bits per heavy atom. The van der Waals surface area contributed by atoms with E-state index in [1.807, 2.05) is 6.26 Å². The average molecular weight is 261 g/mol. The number of nitrogens with one attached hydrogen (secondary N) is 1. The number of unbranched alkanes of at least 4 members (excludes halogenated alkanes) is 2. The van der Waals surface area contributed by atoms with Gasteiger partial charge in [0.05, 0.1) is 6.61 Å². The fraction of sp³-hybridized carbons (Fsp3) is 0.846. The van der Waals surface area contributed by atoms with Gasteiger partial charge in [-0.1, -0.05) is 30.5 Å². The van der Waals surface area contributed by atoms with Gasteiger partial charge in [-0.3, -0.25) is 4.79 Å². The largest absolute Gasteiger partial charge is 0.356 e. The van der Waals surface area contributed by atoms with Crippen LogP contribution in [0.4, 0.5) is 0 Å². The fourth-order valence-electron chi connectivity index (χ4n) is 1.34. The predicted molar refractivity (Wildman–Crippen MR) is 77.5 cm³/mol. The number of carbonyl (C=O) groups excluding carboxylic acids is 1. The predicted octanol–water partition coefficient (Wildman–Crippen LogP) is 2.97. The zero-order chi connectivity index (χ0) is 13.1. The van der Waals surface area contributed by atoms with Crippen LogP contribution in [0.25, 0.3) is 0 Å². The molecule has 102 valence electrons. The standard InChI is InChI=1S/C13H27NO2S/c1-12(2)8-9-13(15)14-10-6-5-7-11-16-17(3)4/h12H,3,5-11H2,1-2,4H3,(H,14,15). The van der Waals surface area contributed by atoms with E-state index in [0.29, 0.717) is 12.3 Å². The van der Waals surface area contributed by atoms with Crippen molar-refractivity contribution in [3.8, 4) is 0 Å². The second-order valence-electron chi connectivity index (χ2n) is 4.74. The van der Waals surface area contributed by atoms with Crippen LogP contribution in [0.5, 0.6) is 0 Å². The summed E-state index contributed by atoms with van der Waals surface area (Å²) in [7, 11) is -0.157. The summed E-state index contributed by atoms with van der Waals surface area (Å²) in [5.74, 6) is 4.56. The molecule has 3 nitrogen and oxygen atoms in total. The topological polar surface area (TPSA) is 38.3 Å². The van der Waals surface area contributed by atoms with Crippen molar-refractivity contribution in [2.75, 3.05) is 19.4 Å². The molecule has 0 aromatic rings. The van der Waals surface area contributed by atoms with E-state index < -0.39 is 0 Å². The lowest BCUT2D eigenvalue weighted by molar-refractivity contribution is -0.121. The highest BCUT2D eigenvalue weighted by atomic mass is 32.2. The van der Waals surface area contributed by atoms with Gasteiger partial charge in [-0.2, -0.15) is 0 Å². The first-order chi connectivity index (χ1) is 8.02. The molecule has 1 N–H and O–H groups in total. The molecular formula is C13H27NO2S. The van der Waals surface area contributed by atoms with Crippen molar-refractivity contribution in [2.24, 2.45) is 5.92 Å². The van der Waals surface area contributed by atoms with Gasteiger partial charge < -0.3 is 9.50 Å². The third-order valence-electron chi connectivity index (χ3n) is 2.38. The molecular weight excluding hydrogens is 234 g/mol. The van der Waals surface area contributed by atoms with E-state index in [1.165, 1.54) is 0 Å². The number of amides is 1. The summed E-state index contributed by atoms with van der Waals surface area (Å²) in [5, 5.41) is 2.95. The number of hydrogen-bond acceptors (Lipinski definition) is 2. The Labute approximate surface area is 108 Å². The molecule has 0 bridgehead atoms. The molecule has 0 aromatic carbocycles. The molecule has 0 aliphatic carbocycles. The van der Waals surface area contributed by atoms with Crippen LogP contribution in [0.2, 0.25) is 0 Å². The zero-order valence-electron chi connectivity index (χ0n) is 11.5. The molecule has 17 heavy (non-hydrogen) atoms. The van der Waals surface area contributed by atoms with Gasteiger partial charge in [-0.25, -0.2) is 0 Å². The highest BCUT2D eigenvalue weighted by Gasteiger charge is 2.02. The van der Waals surface area contributed by atoms with Crippen molar-refractivity contribution < 1.29 is 8.98 Å². The Balaban J connectivity index is 3.22. The molecule has 0 radical (unpaired) electrons. The number of carbonyl (C=O) groups is 1. The SMILES string of the molecule is C=S(C)OCCCCCNC(=O)CCC(C)C. The van der Waals surface area contributed by atoms with Crippen LogP contribution in [-0.4, -0.2) is 31.2 Å². The molecule has 1 amide bonds. The second-order valence-corrected chi connectivity index (χ2v) is 6.12. The van der Waals surface area contributed by atoms with Gasteiger partial charge in [-0.05, 0) is 31.6 Å². The molecule has 0 aliphatic rings. The van der Waals surface area contributed by atoms with Crippen LogP contribution in [0.15, 0.2) is 0 Å². The molecule has 0 aliphatic heterocycles. The Kier molecular flexibility index (Phi) is 10.6. The summed E-state index contributed by atoms with van der Waals surface area (Å²) >= 11 is 0. The maximum Gasteiger partial charge on any atom is 0.220 e. The molecule has 0 aromatic heterocycles. The molecule has 1 unspecified atom stereocenters. The summed E-state index contributed by atoms with van der Waals surface area (Å²) < 4.78 is 5.36. The normalized spacial score (nSPS) is 12.7. The van der Waals surface area contributed by atoms with Crippen molar-refractivity contribution in [1.82, 2.24) is 5.32 Å². The first-order valence-electron chi connectivity index (χ1n) is 6.38. The van der Waals surface area contributed by atoms with Crippen LogP contribution in [-0.2, 0) is 8.98 Å². The Bertz CT molecular complexity index is 229. The van der Waals surface area contributed by atoms with E-state index in [0.717, 1.165) is 38.8 Å². The Morgan fingerprint density at radius 2 is 2.06 bits per heavy atom. The summed E-state index contributed by atoms with van der Waals surface area (Å²) in [5.41, 5.74) is 0. The van der Waals surface area contributed by atoms with Crippen molar-refractivity contribution in [1.29, 1.82) is 0 Å². The lowest BCUT2D eigenvalue weighted by atomic mass is 10.1. The monoisotopic (exact) mass is 261 g/mol. The van der Waals surface area contributed by atoms with Gasteiger partial charge >= 0.3 is 0 Å². The lowest BCUT2D eigenvalue weighted by Gasteiger charge is -2.07. The second kappa shape index (κ2) is 10.8. The quantitative estimate of drug-likeness (QED) is 0.485. The van der Waals surface area contributed by atoms with E-state index >= 15 is 0 Å². The van der Waals surface area contributed by atoms with E-state index in [-0.39, 0.29) is 16.7 Å². The van der Waals surface area contributed by atoms with Gasteiger partial charge in [0.25, 0.3) is 0 Å². The van der Waals surface area contributed by atoms with Crippen LogP contribution < -0.4 is 5.32 Å². The minimum Gasteiger partial charge on any atom is -0.356 e. The minimum absolute atomic E-state index is 0.157. The molecule has 4 heteroatoms. The van der Waals surface area contributed by atoms with Gasteiger partial charge in [0.15, 0.2) is 0 Å². The summed E-state index contributed by atoms with van der Waals surface area (Å²) in [4.78, 5) is 11.4. The van der Waals surface area contributed by atoms with Crippen LogP contribution >= 0.6 is 10.8 Å². The van der Waals surface area contributed by atoms with Crippen LogP contribution in [0, 0.1) is 5.92 Å². The Hall–Kier alpha value is -0.350. The molecule has 1 atom stereocenters. The maximum atomic E-state index is 11.4. The highest BCUT2D eigenvalue weighted by Crippen LogP contribution is 2.06. The van der Waals surface area contributed by atoms with Gasteiger partial charge in [-0.15, -0.1) is 0 Å². The zero-order valence-corrected chi connectivity index (χ0v) is 12.3. The maximum absolute atomic E-state index is 11.4. The molecule has 0 rings (SSSR count). The van der Waals surface area contributed by atoms with E-state index in [9.17, 15) is 4.79 Å². The minimum atomic E-state index is -0.157. The van der Waals surface area contributed by atoms with Crippen molar-refractivity contribution >= 4 is 22.5 Å². The fourth-order valence-corrected chi connectivity index (χ4v) is 1.74.